The Morgan fingerprint density at radius 2 is 2.19 bits per heavy atom. The molecule has 0 radical (unpaired) electrons. The van der Waals surface area contributed by atoms with Crippen LogP contribution in [0.3, 0.4) is 0 Å². The van der Waals surface area contributed by atoms with Crippen LogP contribution in [0.15, 0.2) is 34.9 Å². The summed E-state index contributed by atoms with van der Waals surface area (Å²) in [6.45, 7) is 3.24. The van der Waals surface area contributed by atoms with Crippen LogP contribution in [0.2, 0.25) is 0 Å². The van der Waals surface area contributed by atoms with Crippen molar-refractivity contribution in [3.05, 3.63) is 49.8 Å². The first kappa shape index (κ1) is 17.0. The van der Waals surface area contributed by atoms with Gasteiger partial charge < -0.3 is 5.32 Å². The fraction of sp³-hybridized carbons (Fsp3) is 0.438. The van der Waals surface area contributed by atoms with Gasteiger partial charge in [-0.25, -0.2) is 0 Å². The van der Waals surface area contributed by atoms with Crippen LogP contribution in [-0.2, 0) is 13.5 Å². The van der Waals surface area contributed by atoms with Gasteiger partial charge in [-0.15, -0.1) is 0 Å². The van der Waals surface area contributed by atoms with E-state index < -0.39 is 0 Å². The maximum absolute atomic E-state index is 4.25. The fourth-order valence-electron chi connectivity index (χ4n) is 2.41. The molecule has 0 saturated carbocycles. The molecule has 2 aromatic rings. The molecule has 1 aromatic heterocycles. The number of halogens is 2. The van der Waals surface area contributed by atoms with Crippen LogP contribution < -0.4 is 5.32 Å². The predicted octanol–water partition coefficient (Wildman–Crippen LogP) is 4.46. The first-order valence-corrected chi connectivity index (χ1v) is 9.14. The van der Waals surface area contributed by atoms with Gasteiger partial charge in [0.05, 0.1) is 0 Å². The molecular weight excluding hydrogens is 441 g/mol. The first-order chi connectivity index (χ1) is 10.1. The number of hydrogen-bond acceptors (Lipinski definition) is 2. The Balaban J connectivity index is 2.13. The van der Waals surface area contributed by atoms with E-state index in [-0.39, 0.29) is 0 Å². The molecule has 0 aliphatic heterocycles. The zero-order chi connectivity index (χ0) is 15.2. The molecule has 0 saturated heterocycles. The van der Waals surface area contributed by atoms with Crippen LogP contribution in [0.4, 0.5) is 0 Å². The van der Waals surface area contributed by atoms with Gasteiger partial charge in [0.1, 0.15) is 0 Å². The van der Waals surface area contributed by atoms with Crippen molar-refractivity contribution in [1.29, 1.82) is 0 Å². The summed E-state index contributed by atoms with van der Waals surface area (Å²) >= 11 is 6.07. The zero-order valence-electron chi connectivity index (χ0n) is 12.4. The second-order valence-corrected chi connectivity index (χ2v) is 7.26. The van der Waals surface area contributed by atoms with Gasteiger partial charge in [-0.05, 0) is 78.2 Å². The highest BCUT2D eigenvalue weighted by molar-refractivity contribution is 14.1. The normalized spacial score (nSPS) is 12.6. The van der Waals surface area contributed by atoms with Crippen molar-refractivity contribution in [3.63, 3.8) is 0 Å². The molecule has 0 aliphatic carbocycles. The van der Waals surface area contributed by atoms with Gasteiger partial charge in [-0.3, -0.25) is 4.68 Å². The van der Waals surface area contributed by atoms with E-state index in [9.17, 15) is 0 Å². The monoisotopic (exact) mass is 461 g/mol. The molecule has 114 valence electrons. The van der Waals surface area contributed by atoms with E-state index in [1.54, 1.807) is 0 Å². The number of hydrogen-bond donors (Lipinski definition) is 1. The molecular formula is C16H21BrIN3. The predicted molar refractivity (Wildman–Crippen MR) is 99.4 cm³/mol. The average molecular weight is 462 g/mol. The van der Waals surface area contributed by atoms with Crippen molar-refractivity contribution in [3.8, 4) is 0 Å². The minimum Gasteiger partial charge on any atom is -0.310 e. The van der Waals surface area contributed by atoms with Gasteiger partial charge in [0.25, 0.3) is 0 Å². The van der Waals surface area contributed by atoms with Crippen LogP contribution >= 0.6 is 38.5 Å². The Bertz CT molecular complexity index is 583. The summed E-state index contributed by atoms with van der Waals surface area (Å²) in [6.07, 6.45) is 5.10. The molecule has 1 atom stereocenters. The third-order valence-electron chi connectivity index (χ3n) is 3.59. The molecule has 0 fully saturated rings. The minimum absolute atomic E-state index is 0.365. The lowest BCUT2D eigenvalue weighted by Crippen LogP contribution is -2.23. The van der Waals surface area contributed by atoms with Crippen molar-refractivity contribution in [2.45, 2.75) is 32.2 Å². The molecule has 0 amide bonds. The van der Waals surface area contributed by atoms with Crippen LogP contribution in [0.5, 0.6) is 0 Å². The minimum atomic E-state index is 0.365. The molecule has 0 bridgehead atoms. The second-order valence-electron chi connectivity index (χ2n) is 5.16. The van der Waals surface area contributed by atoms with Gasteiger partial charge in [-0.1, -0.05) is 22.9 Å². The van der Waals surface area contributed by atoms with Gasteiger partial charge in [0.2, 0.25) is 0 Å². The van der Waals surface area contributed by atoms with E-state index in [1.165, 1.54) is 19.3 Å². The van der Waals surface area contributed by atoms with Crippen LogP contribution in [0, 0.1) is 3.57 Å². The molecule has 0 spiro atoms. The highest BCUT2D eigenvalue weighted by atomic mass is 127. The van der Waals surface area contributed by atoms with E-state index in [0.29, 0.717) is 6.04 Å². The zero-order valence-corrected chi connectivity index (χ0v) is 16.2. The van der Waals surface area contributed by atoms with Crippen LogP contribution in [-0.4, -0.2) is 16.3 Å². The third kappa shape index (κ3) is 4.79. The van der Waals surface area contributed by atoms with E-state index in [2.05, 4.69) is 80.1 Å². The SMILES string of the molecule is CCCNC(CCc1ccnn1C)c1cc(I)ccc1Br. The van der Waals surface area contributed by atoms with Gasteiger partial charge in [-0.2, -0.15) is 5.10 Å². The highest BCUT2D eigenvalue weighted by Crippen LogP contribution is 2.28. The lowest BCUT2D eigenvalue weighted by atomic mass is 10.0. The van der Waals surface area contributed by atoms with Crippen molar-refractivity contribution < 1.29 is 0 Å². The van der Waals surface area contributed by atoms with Crippen molar-refractivity contribution in [1.82, 2.24) is 15.1 Å². The summed E-state index contributed by atoms with van der Waals surface area (Å²) in [6, 6.07) is 9.00. The number of rotatable bonds is 7. The van der Waals surface area contributed by atoms with Gasteiger partial charge in [0.15, 0.2) is 0 Å². The Morgan fingerprint density at radius 3 is 2.86 bits per heavy atom. The molecule has 2 rings (SSSR count). The van der Waals surface area contributed by atoms with E-state index in [0.717, 1.165) is 25.8 Å². The first-order valence-electron chi connectivity index (χ1n) is 7.27. The van der Waals surface area contributed by atoms with E-state index >= 15 is 0 Å². The molecule has 3 nitrogen and oxygen atoms in total. The Morgan fingerprint density at radius 1 is 1.38 bits per heavy atom. The summed E-state index contributed by atoms with van der Waals surface area (Å²) in [5.74, 6) is 0. The lowest BCUT2D eigenvalue weighted by Gasteiger charge is -2.21. The highest BCUT2D eigenvalue weighted by Gasteiger charge is 2.15. The van der Waals surface area contributed by atoms with E-state index in [1.807, 2.05) is 17.9 Å². The molecule has 1 N–H and O–H groups in total. The number of benzene rings is 1. The van der Waals surface area contributed by atoms with Gasteiger partial charge >= 0.3 is 0 Å². The second kappa shape index (κ2) is 8.29. The van der Waals surface area contributed by atoms with Crippen molar-refractivity contribution in [2.75, 3.05) is 6.54 Å². The molecule has 0 aliphatic rings. The molecule has 1 aromatic carbocycles. The van der Waals surface area contributed by atoms with E-state index in [4.69, 9.17) is 0 Å². The van der Waals surface area contributed by atoms with Crippen molar-refractivity contribution in [2.24, 2.45) is 7.05 Å². The summed E-state index contributed by atoms with van der Waals surface area (Å²) in [7, 11) is 2.01. The topological polar surface area (TPSA) is 29.9 Å². The number of nitrogens with one attached hydrogen (secondary N) is 1. The Labute approximate surface area is 148 Å². The summed E-state index contributed by atoms with van der Waals surface area (Å²) in [4.78, 5) is 0. The Kier molecular flexibility index (Phi) is 6.70. The standard InChI is InChI=1S/C16H21BrIN3/c1-3-9-19-16(7-5-13-8-10-20-21(13)2)14-11-12(18)4-6-15(14)17/h4,6,8,10-11,16,19H,3,5,7,9H2,1-2H3. The molecule has 1 unspecified atom stereocenters. The third-order valence-corrected chi connectivity index (χ3v) is 4.98. The summed E-state index contributed by atoms with van der Waals surface area (Å²) in [5.41, 5.74) is 2.62. The smallest absolute Gasteiger partial charge is 0.0492 e. The average Bonchev–Trinajstić information content (AvgIpc) is 2.87. The van der Waals surface area contributed by atoms with Crippen molar-refractivity contribution >= 4 is 38.5 Å². The molecule has 1 heterocycles. The van der Waals surface area contributed by atoms with Crippen LogP contribution in [0.1, 0.15) is 37.1 Å². The summed E-state index contributed by atoms with van der Waals surface area (Å²) in [5, 5.41) is 7.92. The number of aromatic nitrogens is 2. The maximum Gasteiger partial charge on any atom is 0.0492 e. The molecule has 5 heteroatoms. The quantitative estimate of drug-likeness (QED) is 0.617. The number of nitrogens with zero attached hydrogens (tertiary/aromatic N) is 2. The summed E-state index contributed by atoms with van der Waals surface area (Å²) < 4.78 is 4.41. The van der Waals surface area contributed by atoms with Crippen LogP contribution in [0.25, 0.3) is 0 Å². The Hall–Kier alpha value is -0.400. The molecule has 21 heavy (non-hydrogen) atoms. The fourth-order valence-corrected chi connectivity index (χ4v) is 3.44. The number of aryl methyl sites for hydroxylation is 2. The largest absolute Gasteiger partial charge is 0.310 e. The maximum atomic E-state index is 4.25. The van der Waals surface area contributed by atoms with Gasteiger partial charge in [0, 0.05) is 33.0 Å². The lowest BCUT2D eigenvalue weighted by molar-refractivity contribution is 0.490.